The monoisotopic (exact) mass is 104 g/mol. The van der Waals surface area contributed by atoms with Gasteiger partial charge in [-0.15, -0.1) is 0 Å². The summed E-state index contributed by atoms with van der Waals surface area (Å²) in [5.74, 6) is 5.31. The summed E-state index contributed by atoms with van der Waals surface area (Å²) in [5, 5.41) is 8.69. The second-order valence-electron chi connectivity index (χ2n) is 2.13. The van der Waals surface area contributed by atoms with Crippen molar-refractivity contribution in [2.45, 2.75) is 12.4 Å². The molecule has 1 heterocycles. The fourth-order valence-corrected chi connectivity index (χ4v) is 0.473. The van der Waals surface area contributed by atoms with Crippen LogP contribution in [0.4, 0.5) is 0 Å². The fraction of sp³-hybridized carbons (Fsp3) is 1.00. The second-order valence-corrected chi connectivity index (χ2v) is 2.13. The van der Waals surface area contributed by atoms with Crippen molar-refractivity contribution in [2.24, 2.45) is 11.6 Å². The fourth-order valence-electron chi connectivity index (χ4n) is 0.473. The molecule has 4 nitrogen and oxygen atoms in total. The normalized spacial score (nSPS) is 60.0. The third kappa shape index (κ3) is 0.450. The van der Waals surface area contributed by atoms with Crippen LogP contribution in [-0.2, 0) is 0 Å². The molecule has 1 rings (SSSR count). The number of aliphatic hydroxyl groups excluding tert-OH is 1. The molecule has 3 atom stereocenters. The van der Waals surface area contributed by atoms with Crippen LogP contribution in [0.15, 0.2) is 0 Å². The lowest BCUT2D eigenvalue weighted by Gasteiger charge is -1.99. The van der Waals surface area contributed by atoms with Crippen LogP contribution in [0, 0.1) is 0 Å². The molecule has 4 heteroatoms. The number of nitrogens with two attached hydrogens (primary N) is 2. The first-order valence-corrected chi connectivity index (χ1v) is 2.15. The van der Waals surface area contributed by atoms with Crippen molar-refractivity contribution >= 4 is 0 Å². The summed E-state index contributed by atoms with van der Waals surface area (Å²) >= 11 is 0. The van der Waals surface area contributed by atoms with Crippen molar-refractivity contribution in [1.29, 1.82) is 0 Å². The lowest BCUT2D eigenvalue weighted by Crippen LogP contribution is -2.35. The van der Waals surface area contributed by atoms with Gasteiger partial charge in [0, 0.05) is 0 Å². The number of quaternary nitrogens is 1. The molecule has 3 unspecified atom stereocenters. The lowest BCUT2D eigenvalue weighted by atomic mass is 10.8. The Hall–Kier alpha value is -0.160. The first-order chi connectivity index (χ1) is 3.07. The van der Waals surface area contributed by atoms with Crippen LogP contribution < -0.4 is 11.6 Å². The topological polar surface area (TPSA) is 72.3 Å². The molecule has 0 amide bonds. The van der Waals surface area contributed by atoms with Crippen LogP contribution in [0.3, 0.4) is 0 Å². The number of hydrogen-bond donors (Lipinski definition) is 3. The van der Waals surface area contributed by atoms with Gasteiger partial charge in [0.25, 0.3) is 6.23 Å². The molecular weight excluding hydrogens is 94.1 g/mol. The molecule has 0 radical (unpaired) electrons. The van der Waals surface area contributed by atoms with Gasteiger partial charge in [-0.3, -0.25) is 5.73 Å². The molecule has 0 saturated carbocycles. The van der Waals surface area contributed by atoms with Crippen LogP contribution in [0.2, 0.25) is 0 Å². The molecule has 0 bridgehead atoms. The minimum absolute atomic E-state index is 0.0556. The molecule has 1 aliphatic heterocycles. The summed E-state index contributed by atoms with van der Waals surface area (Å²) in [7, 11) is 1.68. The van der Waals surface area contributed by atoms with E-state index < -0.39 is 6.23 Å². The largest absolute Gasteiger partial charge is 0.338 e. The average Bonchev–Trinajstić information content (AvgIpc) is 1.91. The Morgan fingerprint density at radius 1 is 1.71 bits per heavy atom. The summed E-state index contributed by atoms with van der Waals surface area (Å²) in [5.41, 5.74) is 5.24. The van der Waals surface area contributed by atoms with Gasteiger partial charge in [-0.05, 0) is 0 Å². The maximum absolute atomic E-state index is 8.69. The van der Waals surface area contributed by atoms with Crippen molar-refractivity contribution in [1.82, 2.24) is 0 Å². The summed E-state index contributed by atoms with van der Waals surface area (Å²) in [6.07, 6.45) is -0.806. The van der Waals surface area contributed by atoms with Crippen molar-refractivity contribution in [3.8, 4) is 0 Å². The molecular formula is C3H10N3O+. The van der Waals surface area contributed by atoms with Gasteiger partial charge >= 0.3 is 0 Å². The van der Waals surface area contributed by atoms with E-state index in [9.17, 15) is 0 Å². The maximum Gasteiger partial charge on any atom is 0.279 e. The Labute approximate surface area is 41.9 Å². The highest BCUT2D eigenvalue weighted by molar-refractivity contribution is 4.66. The molecule has 0 aromatic carbocycles. The van der Waals surface area contributed by atoms with E-state index in [0.717, 1.165) is 0 Å². The molecule has 0 aromatic rings. The highest BCUT2D eigenvalue weighted by atomic mass is 16.3. The van der Waals surface area contributed by atoms with E-state index in [-0.39, 0.29) is 10.8 Å². The van der Waals surface area contributed by atoms with E-state index in [0.29, 0.717) is 0 Å². The van der Waals surface area contributed by atoms with Crippen LogP contribution in [-0.4, -0.2) is 29.1 Å². The van der Waals surface area contributed by atoms with Gasteiger partial charge in [0.2, 0.25) is 6.17 Å². The number of aliphatic hydroxyl groups is 1. The predicted molar refractivity (Wildman–Crippen MR) is 24.4 cm³/mol. The van der Waals surface area contributed by atoms with Gasteiger partial charge < -0.3 is 5.11 Å². The SMILES string of the molecule is C[N+]1(N)C(N)C1O. The molecule has 5 N–H and O–H groups in total. The van der Waals surface area contributed by atoms with E-state index >= 15 is 0 Å². The molecule has 1 fully saturated rings. The van der Waals surface area contributed by atoms with E-state index in [1.54, 1.807) is 7.05 Å². The van der Waals surface area contributed by atoms with Crippen LogP contribution in [0.5, 0.6) is 0 Å². The predicted octanol–water partition coefficient (Wildman–Crippen LogP) is -2.08. The smallest absolute Gasteiger partial charge is 0.279 e. The van der Waals surface area contributed by atoms with Crippen molar-refractivity contribution in [3.63, 3.8) is 0 Å². The minimum Gasteiger partial charge on any atom is -0.338 e. The Balaban J connectivity index is 2.52. The highest BCUT2D eigenvalue weighted by Gasteiger charge is 2.59. The van der Waals surface area contributed by atoms with Crippen molar-refractivity contribution < 1.29 is 9.70 Å². The standard InChI is InChI=1S/C3H10N3O/c1-6(5)2(4)3(6)7/h2-3,7H,4-5H2,1H3/q+1. The van der Waals surface area contributed by atoms with Crippen LogP contribution in [0.1, 0.15) is 0 Å². The van der Waals surface area contributed by atoms with Crippen LogP contribution in [0.25, 0.3) is 0 Å². The Morgan fingerprint density at radius 2 is 1.86 bits per heavy atom. The molecule has 0 spiro atoms. The van der Waals surface area contributed by atoms with Gasteiger partial charge in [0.1, 0.15) is 0 Å². The molecule has 0 aromatic heterocycles. The first kappa shape index (κ1) is 4.99. The third-order valence-corrected chi connectivity index (χ3v) is 1.43. The zero-order valence-corrected chi connectivity index (χ0v) is 4.20. The molecule has 42 valence electrons. The average molecular weight is 104 g/mol. The van der Waals surface area contributed by atoms with Gasteiger partial charge in [0.15, 0.2) is 0 Å². The van der Waals surface area contributed by atoms with Gasteiger partial charge in [-0.1, -0.05) is 0 Å². The molecule has 7 heavy (non-hydrogen) atoms. The lowest BCUT2D eigenvalue weighted by molar-refractivity contribution is -0.830. The zero-order valence-electron chi connectivity index (χ0n) is 4.20. The third-order valence-electron chi connectivity index (χ3n) is 1.43. The van der Waals surface area contributed by atoms with E-state index in [1.165, 1.54) is 0 Å². The van der Waals surface area contributed by atoms with Gasteiger partial charge in [0.05, 0.1) is 7.05 Å². The first-order valence-electron chi connectivity index (χ1n) is 2.15. The summed E-state index contributed by atoms with van der Waals surface area (Å²) in [6.45, 7) is 0. The maximum atomic E-state index is 8.69. The summed E-state index contributed by atoms with van der Waals surface area (Å²) in [4.78, 5) is 0. The molecule has 1 aliphatic rings. The number of rotatable bonds is 0. The second kappa shape index (κ2) is 0.976. The van der Waals surface area contributed by atoms with Crippen molar-refractivity contribution in [3.05, 3.63) is 0 Å². The van der Waals surface area contributed by atoms with Crippen LogP contribution >= 0.6 is 0 Å². The summed E-state index contributed by atoms with van der Waals surface area (Å²) < 4.78 is 0.0556. The Morgan fingerprint density at radius 3 is 1.86 bits per heavy atom. The Kier molecular flexibility index (Phi) is 0.695. The minimum atomic E-state index is -0.542. The molecule has 0 aliphatic carbocycles. The number of hydrogen-bond acceptors (Lipinski definition) is 3. The number of likely N-dealkylation sites (N-methyl/N-ethyl adjacent to an activating group) is 1. The number of nitrogens with zero attached hydrogens (tertiary/aromatic N) is 1. The van der Waals surface area contributed by atoms with Gasteiger partial charge in [-0.25, -0.2) is 0 Å². The van der Waals surface area contributed by atoms with Gasteiger partial charge in [-0.2, -0.15) is 10.4 Å². The highest BCUT2D eigenvalue weighted by Crippen LogP contribution is 2.23. The molecule has 1 saturated heterocycles. The van der Waals surface area contributed by atoms with E-state index in [2.05, 4.69) is 0 Å². The van der Waals surface area contributed by atoms with E-state index in [1.807, 2.05) is 0 Å². The Bertz CT molecular complexity index is 82.2. The summed E-state index contributed by atoms with van der Waals surface area (Å²) in [6, 6.07) is 0. The zero-order chi connectivity index (χ0) is 5.65. The quantitative estimate of drug-likeness (QED) is 0.188. The van der Waals surface area contributed by atoms with Crippen molar-refractivity contribution in [2.75, 3.05) is 7.05 Å². The van der Waals surface area contributed by atoms with E-state index in [4.69, 9.17) is 16.7 Å².